The number of likely N-dealkylation sites (N-methyl/N-ethyl adjacent to an activating group) is 1. The van der Waals surface area contributed by atoms with Gasteiger partial charge in [0.15, 0.2) is 11.5 Å². The minimum absolute atomic E-state index is 0.0630. The summed E-state index contributed by atoms with van der Waals surface area (Å²) in [5.41, 5.74) is 1.60. The second-order valence-electron chi connectivity index (χ2n) is 4.42. The number of benzene rings is 1. The number of hydrogen-bond donors (Lipinski definition) is 1. The van der Waals surface area contributed by atoms with Crippen LogP contribution in [-0.2, 0) is 0 Å². The second kappa shape index (κ2) is 7.85. The van der Waals surface area contributed by atoms with Crippen molar-refractivity contribution in [2.45, 2.75) is 33.4 Å². The first-order valence-electron chi connectivity index (χ1n) is 6.53. The molecule has 0 aliphatic carbocycles. The lowest BCUT2D eigenvalue weighted by Gasteiger charge is -2.16. The normalized spacial score (nSPS) is 13.4. The Labute approximate surface area is 118 Å². The number of ether oxygens (including phenoxy) is 2. The number of nitrogens with one attached hydrogen (secondary N) is 1. The SMILES string of the molecule is CCNC(C)/C(C)=C/c1cccc(OC)c1OC(F)F. The fourth-order valence-electron chi connectivity index (χ4n) is 1.86. The molecular formula is C15H21F2NO2. The van der Waals surface area contributed by atoms with Gasteiger partial charge >= 0.3 is 6.61 Å². The Kier molecular flexibility index (Phi) is 6.45. The van der Waals surface area contributed by atoms with Gasteiger partial charge in [0.1, 0.15) is 0 Å². The maximum Gasteiger partial charge on any atom is 0.387 e. The van der Waals surface area contributed by atoms with Gasteiger partial charge in [0.2, 0.25) is 0 Å². The molecule has 1 aromatic rings. The molecule has 0 aromatic heterocycles. The predicted molar refractivity (Wildman–Crippen MR) is 76.4 cm³/mol. The van der Waals surface area contributed by atoms with Gasteiger partial charge in [-0.15, -0.1) is 0 Å². The largest absolute Gasteiger partial charge is 0.493 e. The van der Waals surface area contributed by atoms with Crippen LogP contribution in [0, 0.1) is 0 Å². The average Bonchev–Trinajstić information content (AvgIpc) is 2.40. The Morgan fingerprint density at radius 1 is 1.40 bits per heavy atom. The van der Waals surface area contributed by atoms with Crippen molar-refractivity contribution in [2.75, 3.05) is 13.7 Å². The van der Waals surface area contributed by atoms with Crippen molar-refractivity contribution in [3.63, 3.8) is 0 Å². The van der Waals surface area contributed by atoms with E-state index < -0.39 is 6.61 Å². The van der Waals surface area contributed by atoms with Gasteiger partial charge in [-0.2, -0.15) is 8.78 Å². The molecule has 0 fully saturated rings. The number of halogens is 2. The predicted octanol–water partition coefficient (Wildman–Crippen LogP) is 3.70. The van der Waals surface area contributed by atoms with E-state index in [4.69, 9.17) is 4.74 Å². The summed E-state index contributed by atoms with van der Waals surface area (Å²) >= 11 is 0. The summed E-state index contributed by atoms with van der Waals surface area (Å²) in [6.45, 7) is 3.93. The zero-order valence-corrected chi connectivity index (χ0v) is 12.2. The van der Waals surface area contributed by atoms with Crippen molar-refractivity contribution >= 4 is 6.08 Å². The molecular weight excluding hydrogens is 264 g/mol. The first-order chi connectivity index (χ1) is 9.49. The van der Waals surface area contributed by atoms with Crippen molar-refractivity contribution in [1.29, 1.82) is 0 Å². The third kappa shape index (κ3) is 4.49. The molecule has 0 spiro atoms. The third-order valence-corrected chi connectivity index (χ3v) is 3.01. The highest BCUT2D eigenvalue weighted by molar-refractivity contribution is 5.64. The molecule has 0 bridgehead atoms. The molecule has 0 amide bonds. The summed E-state index contributed by atoms with van der Waals surface area (Å²) in [5, 5.41) is 3.27. The molecule has 0 saturated heterocycles. The van der Waals surface area contributed by atoms with Gasteiger partial charge in [0.25, 0.3) is 0 Å². The molecule has 20 heavy (non-hydrogen) atoms. The van der Waals surface area contributed by atoms with Gasteiger partial charge in [0, 0.05) is 11.6 Å². The van der Waals surface area contributed by atoms with Crippen LogP contribution in [0.3, 0.4) is 0 Å². The van der Waals surface area contributed by atoms with Crippen LogP contribution in [0.25, 0.3) is 6.08 Å². The highest BCUT2D eigenvalue weighted by Crippen LogP contribution is 2.34. The van der Waals surface area contributed by atoms with Gasteiger partial charge in [-0.05, 0) is 26.5 Å². The highest BCUT2D eigenvalue weighted by atomic mass is 19.3. The Morgan fingerprint density at radius 2 is 2.10 bits per heavy atom. The van der Waals surface area contributed by atoms with Crippen LogP contribution in [0.2, 0.25) is 0 Å². The van der Waals surface area contributed by atoms with E-state index in [1.807, 2.05) is 26.8 Å². The highest BCUT2D eigenvalue weighted by Gasteiger charge is 2.14. The molecule has 5 heteroatoms. The van der Waals surface area contributed by atoms with Crippen LogP contribution in [-0.4, -0.2) is 26.3 Å². The van der Waals surface area contributed by atoms with Gasteiger partial charge in [-0.25, -0.2) is 0 Å². The standard InChI is InChI=1S/C15H21F2NO2/c1-5-18-11(3)10(2)9-12-7-6-8-13(19-4)14(12)20-15(16)17/h6-9,11,15,18H,5H2,1-4H3/b10-9+. The monoisotopic (exact) mass is 285 g/mol. The average molecular weight is 285 g/mol. The van der Waals surface area contributed by atoms with E-state index in [9.17, 15) is 8.78 Å². The number of methoxy groups -OCH3 is 1. The molecule has 1 unspecified atom stereocenters. The minimum atomic E-state index is -2.88. The van der Waals surface area contributed by atoms with Crippen molar-refractivity contribution in [2.24, 2.45) is 0 Å². The van der Waals surface area contributed by atoms with Crippen LogP contribution >= 0.6 is 0 Å². The van der Waals surface area contributed by atoms with Crippen LogP contribution in [0.1, 0.15) is 26.3 Å². The molecule has 1 rings (SSSR count). The fraction of sp³-hybridized carbons (Fsp3) is 0.467. The fourth-order valence-corrected chi connectivity index (χ4v) is 1.86. The van der Waals surface area contributed by atoms with Crippen molar-refractivity contribution in [3.8, 4) is 11.5 Å². The smallest absolute Gasteiger partial charge is 0.387 e. The van der Waals surface area contributed by atoms with Crippen molar-refractivity contribution in [3.05, 3.63) is 29.3 Å². The Hall–Kier alpha value is -1.62. The van der Waals surface area contributed by atoms with E-state index in [2.05, 4.69) is 10.1 Å². The summed E-state index contributed by atoms with van der Waals surface area (Å²) in [4.78, 5) is 0. The summed E-state index contributed by atoms with van der Waals surface area (Å²) in [6.07, 6.45) is 1.83. The number of rotatable bonds is 7. The number of hydrogen-bond acceptors (Lipinski definition) is 3. The maximum atomic E-state index is 12.5. The zero-order valence-electron chi connectivity index (χ0n) is 12.2. The summed E-state index contributed by atoms with van der Waals surface area (Å²) in [5.74, 6) is 0.357. The van der Waals surface area contributed by atoms with E-state index in [0.29, 0.717) is 11.3 Å². The maximum absolute atomic E-state index is 12.5. The van der Waals surface area contributed by atoms with Gasteiger partial charge in [-0.1, -0.05) is 30.7 Å². The number of alkyl halides is 2. The second-order valence-corrected chi connectivity index (χ2v) is 4.42. The Morgan fingerprint density at radius 3 is 2.65 bits per heavy atom. The van der Waals surface area contributed by atoms with Crippen LogP contribution < -0.4 is 14.8 Å². The summed E-state index contributed by atoms with van der Waals surface area (Å²) in [6, 6.07) is 5.22. The van der Waals surface area contributed by atoms with E-state index in [-0.39, 0.29) is 11.8 Å². The van der Waals surface area contributed by atoms with Gasteiger partial charge in [-0.3, -0.25) is 0 Å². The summed E-state index contributed by atoms with van der Waals surface area (Å²) in [7, 11) is 1.43. The first-order valence-corrected chi connectivity index (χ1v) is 6.53. The number of para-hydroxylation sites is 1. The third-order valence-electron chi connectivity index (χ3n) is 3.01. The molecule has 0 aliphatic rings. The molecule has 1 N–H and O–H groups in total. The first kappa shape index (κ1) is 16.4. The van der Waals surface area contributed by atoms with E-state index in [1.165, 1.54) is 7.11 Å². The minimum Gasteiger partial charge on any atom is -0.493 e. The van der Waals surface area contributed by atoms with Crippen LogP contribution in [0.5, 0.6) is 11.5 Å². The molecule has 0 aliphatic heterocycles. The van der Waals surface area contributed by atoms with Crippen LogP contribution in [0.4, 0.5) is 8.78 Å². The lowest BCUT2D eigenvalue weighted by atomic mass is 10.1. The molecule has 112 valence electrons. The van der Waals surface area contributed by atoms with E-state index >= 15 is 0 Å². The van der Waals surface area contributed by atoms with Crippen molar-refractivity contribution < 1.29 is 18.3 Å². The summed E-state index contributed by atoms with van der Waals surface area (Å²) < 4.78 is 34.7. The Balaban J connectivity index is 3.13. The van der Waals surface area contributed by atoms with Crippen LogP contribution in [0.15, 0.2) is 23.8 Å². The van der Waals surface area contributed by atoms with Gasteiger partial charge in [0.05, 0.1) is 7.11 Å². The quantitative estimate of drug-likeness (QED) is 0.828. The molecule has 0 saturated carbocycles. The molecule has 3 nitrogen and oxygen atoms in total. The van der Waals surface area contributed by atoms with E-state index in [0.717, 1.165) is 12.1 Å². The van der Waals surface area contributed by atoms with Crippen molar-refractivity contribution in [1.82, 2.24) is 5.32 Å². The van der Waals surface area contributed by atoms with Gasteiger partial charge < -0.3 is 14.8 Å². The van der Waals surface area contributed by atoms with E-state index in [1.54, 1.807) is 18.2 Å². The Bertz CT molecular complexity index is 461. The molecule has 1 atom stereocenters. The molecule has 0 heterocycles. The topological polar surface area (TPSA) is 30.5 Å². The molecule has 0 radical (unpaired) electrons. The zero-order chi connectivity index (χ0) is 15.1. The molecule has 1 aromatic carbocycles. The lowest BCUT2D eigenvalue weighted by molar-refractivity contribution is -0.0513. The lowest BCUT2D eigenvalue weighted by Crippen LogP contribution is -2.26.